The third kappa shape index (κ3) is 2.80. The average Bonchev–Trinajstić information content (AvgIpc) is 2.83. The Labute approximate surface area is 131 Å². The molecule has 2 heteroatoms. The van der Waals surface area contributed by atoms with E-state index in [-0.39, 0.29) is 4.83 Å². The van der Waals surface area contributed by atoms with Crippen molar-refractivity contribution in [1.29, 1.82) is 0 Å². The Bertz CT molecular complexity index is 596. The van der Waals surface area contributed by atoms with E-state index in [0.717, 1.165) is 4.47 Å². The van der Waals surface area contributed by atoms with Crippen LogP contribution in [-0.2, 0) is 12.8 Å². The first kappa shape index (κ1) is 13.4. The fourth-order valence-electron chi connectivity index (χ4n) is 2.85. The second-order valence-electron chi connectivity index (χ2n) is 5.31. The third-order valence-electron chi connectivity index (χ3n) is 3.77. The molecule has 0 nitrogen and oxygen atoms in total. The molecule has 0 saturated heterocycles. The number of rotatable bonds is 2. The summed E-state index contributed by atoms with van der Waals surface area (Å²) in [5.74, 6) is 0. The Morgan fingerprint density at radius 2 is 1.74 bits per heavy atom. The van der Waals surface area contributed by atoms with Gasteiger partial charge in [0.25, 0.3) is 0 Å². The van der Waals surface area contributed by atoms with Crippen molar-refractivity contribution in [2.45, 2.75) is 31.0 Å². The molecule has 0 fully saturated rings. The van der Waals surface area contributed by atoms with Gasteiger partial charge < -0.3 is 0 Å². The van der Waals surface area contributed by atoms with Crippen molar-refractivity contribution in [3.8, 4) is 0 Å². The summed E-state index contributed by atoms with van der Waals surface area (Å²) < 4.78 is 1.15. The van der Waals surface area contributed by atoms with Gasteiger partial charge in [0.05, 0.1) is 4.83 Å². The molecular formula is C17H16Br2. The van der Waals surface area contributed by atoms with Gasteiger partial charge in [0.1, 0.15) is 0 Å². The lowest BCUT2D eigenvalue weighted by Gasteiger charge is -2.14. The summed E-state index contributed by atoms with van der Waals surface area (Å²) in [5.41, 5.74) is 7.03. The molecule has 2 aromatic carbocycles. The van der Waals surface area contributed by atoms with Crippen molar-refractivity contribution in [2.24, 2.45) is 0 Å². The highest BCUT2D eigenvalue weighted by molar-refractivity contribution is 9.10. The fraction of sp³-hybridized carbons (Fsp3) is 0.294. The van der Waals surface area contributed by atoms with Crippen LogP contribution in [0.4, 0.5) is 0 Å². The number of alkyl halides is 1. The minimum Gasteiger partial charge on any atom is -0.0786 e. The molecule has 0 bridgehead atoms. The molecule has 98 valence electrons. The highest BCUT2D eigenvalue weighted by Gasteiger charge is 2.16. The van der Waals surface area contributed by atoms with E-state index in [2.05, 4.69) is 75.2 Å². The first-order valence-electron chi connectivity index (χ1n) is 6.66. The van der Waals surface area contributed by atoms with Crippen molar-refractivity contribution in [3.05, 3.63) is 68.7 Å². The summed E-state index contributed by atoms with van der Waals surface area (Å²) in [6.45, 7) is 2.14. The zero-order chi connectivity index (χ0) is 13.4. The largest absolute Gasteiger partial charge is 0.0786 e. The first-order valence-corrected chi connectivity index (χ1v) is 8.37. The molecule has 0 heterocycles. The number of aryl methyl sites for hydroxylation is 3. The van der Waals surface area contributed by atoms with Crippen LogP contribution in [0.3, 0.4) is 0 Å². The normalized spacial score (nSPS) is 15.3. The van der Waals surface area contributed by atoms with Gasteiger partial charge in [-0.05, 0) is 66.1 Å². The summed E-state index contributed by atoms with van der Waals surface area (Å²) in [6.07, 6.45) is 3.79. The van der Waals surface area contributed by atoms with Crippen molar-refractivity contribution in [1.82, 2.24) is 0 Å². The number of halogens is 2. The molecule has 0 saturated carbocycles. The van der Waals surface area contributed by atoms with Crippen molar-refractivity contribution in [2.75, 3.05) is 0 Å². The van der Waals surface area contributed by atoms with Gasteiger partial charge in [-0.1, -0.05) is 56.1 Å². The van der Waals surface area contributed by atoms with Crippen molar-refractivity contribution in [3.63, 3.8) is 0 Å². The van der Waals surface area contributed by atoms with Crippen LogP contribution in [0, 0.1) is 6.92 Å². The lowest BCUT2D eigenvalue weighted by molar-refractivity contribution is 0.911. The zero-order valence-corrected chi connectivity index (χ0v) is 14.1. The van der Waals surface area contributed by atoms with Gasteiger partial charge in [-0.2, -0.15) is 0 Å². The molecule has 0 amide bonds. The van der Waals surface area contributed by atoms with Crippen LogP contribution in [0.25, 0.3) is 0 Å². The minimum atomic E-state index is 0.273. The molecule has 19 heavy (non-hydrogen) atoms. The number of benzene rings is 2. The molecule has 3 rings (SSSR count). The molecule has 1 aliphatic rings. The van der Waals surface area contributed by atoms with E-state index in [1.807, 2.05) is 0 Å². The molecule has 0 radical (unpaired) electrons. The maximum Gasteiger partial charge on any atom is 0.0645 e. The number of hydrogen-bond acceptors (Lipinski definition) is 0. The molecule has 0 spiro atoms. The van der Waals surface area contributed by atoms with E-state index < -0.39 is 0 Å². The maximum atomic E-state index is 3.85. The van der Waals surface area contributed by atoms with Gasteiger partial charge >= 0.3 is 0 Å². The summed E-state index contributed by atoms with van der Waals surface area (Å²) in [4.78, 5) is 0.273. The van der Waals surface area contributed by atoms with Crippen molar-refractivity contribution < 1.29 is 0 Å². The van der Waals surface area contributed by atoms with Crippen LogP contribution in [-0.4, -0.2) is 0 Å². The predicted octanol–water partition coefficient (Wildman–Crippen LogP) is 5.73. The highest BCUT2D eigenvalue weighted by Crippen LogP contribution is 2.35. The molecule has 2 aromatic rings. The molecule has 1 atom stereocenters. The Hall–Kier alpha value is -0.600. The third-order valence-corrected chi connectivity index (χ3v) is 5.29. The van der Waals surface area contributed by atoms with E-state index in [4.69, 9.17) is 0 Å². The van der Waals surface area contributed by atoms with Crippen LogP contribution in [0.2, 0.25) is 0 Å². The topological polar surface area (TPSA) is 0 Å². The monoisotopic (exact) mass is 378 g/mol. The maximum absolute atomic E-state index is 3.85. The number of fused-ring (bicyclic) bond motifs is 1. The standard InChI is InChI=1S/C17H16Br2/c1-11-7-15(10-16(18)8-11)17(19)14-6-5-12-3-2-4-13(12)9-14/h5-10,17H,2-4H2,1H3. The van der Waals surface area contributed by atoms with Gasteiger partial charge in [-0.25, -0.2) is 0 Å². The van der Waals surface area contributed by atoms with Crippen LogP contribution < -0.4 is 0 Å². The van der Waals surface area contributed by atoms with Gasteiger partial charge in [-0.15, -0.1) is 0 Å². The first-order chi connectivity index (χ1) is 9.13. The molecule has 0 aliphatic heterocycles. The molecule has 1 unspecified atom stereocenters. The molecule has 0 N–H and O–H groups in total. The minimum absolute atomic E-state index is 0.273. The molecule has 0 aromatic heterocycles. The van der Waals surface area contributed by atoms with Crippen LogP contribution >= 0.6 is 31.9 Å². The second-order valence-corrected chi connectivity index (χ2v) is 7.14. The predicted molar refractivity (Wildman–Crippen MR) is 88.1 cm³/mol. The smallest absolute Gasteiger partial charge is 0.0645 e. The van der Waals surface area contributed by atoms with Crippen molar-refractivity contribution >= 4 is 31.9 Å². The van der Waals surface area contributed by atoms with Crippen LogP contribution in [0.5, 0.6) is 0 Å². The average molecular weight is 380 g/mol. The molecular weight excluding hydrogens is 364 g/mol. The van der Waals surface area contributed by atoms with E-state index in [1.54, 1.807) is 0 Å². The molecule has 1 aliphatic carbocycles. The van der Waals surface area contributed by atoms with Crippen LogP contribution in [0.1, 0.15) is 39.1 Å². The van der Waals surface area contributed by atoms with Gasteiger partial charge in [0.15, 0.2) is 0 Å². The van der Waals surface area contributed by atoms with E-state index in [1.165, 1.54) is 47.1 Å². The summed E-state index contributed by atoms with van der Waals surface area (Å²) in [5, 5.41) is 0. The Morgan fingerprint density at radius 3 is 2.53 bits per heavy atom. The Kier molecular flexibility index (Phi) is 3.81. The zero-order valence-electron chi connectivity index (χ0n) is 10.9. The highest BCUT2D eigenvalue weighted by atomic mass is 79.9. The SMILES string of the molecule is Cc1cc(Br)cc(C(Br)c2ccc3c(c2)CCC3)c1. The second kappa shape index (κ2) is 5.41. The lowest BCUT2D eigenvalue weighted by Crippen LogP contribution is -1.95. The van der Waals surface area contributed by atoms with Gasteiger partial charge in [-0.3, -0.25) is 0 Å². The van der Waals surface area contributed by atoms with Gasteiger partial charge in [0.2, 0.25) is 0 Å². The summed E-state index contributed by atoms with van der Waals surface area (Å²) in [7, 11) is 0. The van der Waals surface area contributed by atoms with Crippen LogP contribution in [0.15, 0.2) is 40.9 Å². The van der Waals surface area contributed by atoms with E-state index in [0.29, 0.717) is 0 Å². The Morgan fingerprint density at radius 1 is 0.947 bits per heavy atom. The van der Waals surface area contributed by atoms with E-state index >= 15 is 0 Å². The van der Waals surface area contributed by atoms with Gasteiger partial charge in [0, 0.05) is 4.47 Å². The lowest BCUT2D eigenvalue weighted by atomic mass is 9.99. The summed E-state index contributed by atoms with van der Waals surface area (Å²) in [6, 6.07) is 13.5. The van der Waals surface area contributed by atoms with E-state index in [9.17, 15) is 0 Å². The Balaban J connectivity index is 1.97. The quantitative estimate of drug-likeness (QED) is 0.584. The number of hydrogen-bond donors (Lipinski definition) is 0. The summed E-state index contributed by atoms with van der Waals surface area (Å²) >= 11 is 7.43. The fourth-order valence-corrected chi connectivity index (χ4v) is 4.03.